The molecule has 0 fully saturated rings. The van der Waals surface area contributed by atoms with Crippen LogP contribution in [-0.4, -0.2) is 49.1 Å². The van der Waals surface area contributed by atoms with Crippen LogP contribution in [0.5, 0.6) is 5.75 Å². The maximum Gasteiger partial charge on any atom is 0.314 e. The molecule has 3 N–H and O–H groups in total. The highest BCUT2D eigenvalue weighted by Crippen LogP contribution is 2.18. The Morgan fingerprint density at radius 3 is 2.75 bits per heavy atom. The van der Waals surface area contributed by atoms with Crippen molar-refractivity contribution in [2.45, 2.75) is 25.4 Å². The van der Waals surface area contributed by atoms with E-state index in [4.69, 9.17) is 14.7 Å². The predicted molar refractivity (Wildman–Crippen MR) is 87.3 cm³/mol. The Hall–Kier alpha value is -2.77. The highest BCUT2D eigenvalue weighted by molar-refractivity contribution is 6.01. The summed E-state index contributed by atoms with van der Waals surface area (Å²) in [6.07, 6.45) is 0.816. The van der Waals surface area contributed by atoms with Crippen LogP contribution < -0.4 is 15.4 Å². The van der Waals surface area contributed by atoms with E-state index >= 15 is 0 Å². The van der Waals surface area contributed by atoms with Gasteiger partial charge >= 0.3 is 12.0 Å². The molecule has 1 aliphatic rings. The molecule has 1 unspecified atom stereocenters. The normalized spacial score (nSPS) is 16.0. The Morgan fingerprint density at radius 2 is 2.08 bits per heavy atom. The topological polar surface area (TPSA) is 109 Å². The van der Waals surface area contributed by atoms with Crippen molar-refractivity contribution in [2.75, 3.05) is 20.2 Å². The average Bonchev–Trinajstić information content (AvgIpc) is 3.06. The molecule has 24 heavy (non-hydrogen) atoms. The summed E-state index contributed by atoms with van der Waals surface area (Å²) in [6, 6.07) is 7.18. The zero-order valence-corrected chi connectivity index (χ0v) is 13.4. The van der Waals surface area contributed by atoms with Gasteiger partial charge < -0.3 is 25.3 Å². The summed E-state index contributed by atoms with van der Waals surface area (Å²) in [7, 11) is 1.61. The van der Waals surface area contributed by atoms with Crippen LogP contribution in [0.4, 0.5) is 4.79 Å². The number of amides is 2. The molecule has 8 nitrogen and oxygen atoms in total. The van der Waals surface area contributed by atoms with E-state index in [1.54, 1.807) is 7.11 Å². The molecule has 0 spiro atoms. The highest BCUT2D eigenvalue weighted by atomic mass is 16.6. The molecule has 0 aromatic heterocycles. The van der Waals surface area contributed by atoms with Crippen LogP contribution in [0.2, 0.25) is 0 Å². The molecule has 130 valence electrons. The van der Waals surface area contributed by atoms with Gasteiger partial charge in [0, 0.05) is 19.4 Å². The third-order valence-electron chi connectivity index (χ3n) is 3.50. The summed E-state index contributed by atoms with van der Waals surface area (Å²) in [5, 5.41) is 17.8. The van der Waals surface area contributed by atoms with Crippen molar-refractivity contribution in [3.05, 3.63) is 29.8 Å². The SMILES string of the molecule is COc1ccc(C2=NOC(CNC(=O)NCCCC(=O)O)C2)cc1. The number of benzene rings is 1. The minimum atomic E-state index is -0.875. The van der Waals surface area contributed by atoms with Crippen LogP contribution in [0.3, 0.4) is 0 Å². The number of rotatable bonds is 8. The van der Waals surface area contributed by atoms with Gasteiger partial charge in [-0.1, -0.05) is 5.16 Å². The van der Waals surface area contributed by atoms with Crippen LogP contribution in [0, 0.1) is 0 Å². The van der Waals surface area contributed by atoms with E-state index in [0.717, 1.165) is 17.0 Å². The second-order valence-electron chi connectivity index (χ2n) is 5.33. The van der Waals surface area contributed by atoms with E-state index in [1.807, 2.05) is 24.3 Å². The molecule has 1 aromatic carbocycles. The Kier molecular flexibility index (Phi) is 6.41. The summed E-state index contributed by atoms with van der Waals surface area (Å²) in [4.78, 5) is 27.3. The number of carboxylic acids is 1. The van der Waals surface area contributed by atoms with Crippen molar-refractivity contribution in [3.63, 3.8) is 0 Å². The average molecular weight is 335 g/mol. The summed E-state index contributed by atoms with van der Waals surface area (Å²) >= 11 is 0. The largest absolute Gasteiger partial charge is 0.497 e. The Morgan fingerprint density at radius 1 is 1.33 bits per heavy atom. The molecule has 0 saturated carbocycles. The quantitative estimate of drug-likeness (QED) is 0.621. The maximum absolute atomic E-state index is 11.6. The molecule has 0 saturated heterocycles. The monoisotopic (exact) mass is 335 g/mol. The minimum absolute atomic E-state index is 0.0328. The first-order valence-electron chi connectivity index (χ1n) is 7.69. The number of aliphatic carboxylic acids is 1. The van der Waals surface area contributed by atoms with Gasteiger partial charge in [0.1, 0.15) is 5.75 Å². The van der Waals surface area contributed by atoms with Gasteiger partial charge in [-0.15, -0.1) is 0 Å². The first kappa shape index (κ1) is 17.6. The molecule has 2 rings (SSSR count). The maximum atomic E-state index is 11.6. The van der Waals surface area contributed by atoms with Crippen LogP contribution in [0.15, 0.2) is 29.4 Å². The highest BCUT2D eigenvalue weighted by Gasteiger charge is 2.22. The molecule has 8 heteroatoms. The number of carboxylic acid groups (broad SMARTS) is 1. The lowest BCUT2D eigenvalue weighted by Gasteiger charge is -2.10. The number of ether oxygens (including phenoxy) is 1. The second kappa shape index (κ2) is 8.76. The van der Waals surface area contributed by atoms with Crippen LogP contribution in [-0.2, 0) is 9.63 Å². The van der Waals surface area contributed by atoms with Crippen molar-refractivity contribution in [1.29, 1.82) is 0 Å². The van der Waals surface area contributed by atoms with Gasteiger partial charge in [-0.25, -0.2) is 4.79 Å². The number of carbonyl (C=O) groups is 2. The fraction of sp³-hybridized carbons (Fsp3) is 0.438. The van der Waals surface area contributed by atoms with Crippen molar-refractivity contribution in [3.8, 4) is 5.75 Å². The molecule has 1 atom stereocenters. The lowest BCUT2D eigenvalue weighted by atomic mass is 10.0. The third kappa shape index (κ3) is 5.45. The minimum Gasteiger partial charge on any atom is -0.497 e. The van der Waals surface area contributed by atoms with E-state index in [0.29, 0.717) is 25.9 Å². The number of carbonyl (C=O) groups excluding carboxylic acids is 1. The summed E-state index contributed by atoms with van der Waals surface area (Å²) in [5.41, 5.74) is 1.78. The van der Waals surface area contributed by atoms with Crippen molar-refractivity contribution < 1.29 is 24.3 Å². The first-order chi connectivity index (χ1) is 11.6. The molecule has 0 radical (unpaired) electrons. The Bertz CT molecular complexity index is 600. The van der Waals surface area contributed by atoms with Crippen LogP contribution in [0.1, 0.15) is 24.8 Å². The molecule has 2 amide bonds. The number of methoxy groups -OCH3 is 1. The number of nitrogens with one attached hydrogen (secondary N) is 2. The van der Waals surface area contributed by atoms with E-state index in [-0.39, 0.29) is 18.6 Å². The molecule has 1 heterocycles. The van der Waals surface area contributed by atoms with Gasteiger partial charge in [0.2, 0.25) is 0 Å². The molecule has 1 aromatic rings. The number of hydrogen-bond acceptors (Lipinski definition) is 5. The summed E-state index contributed by atoms with van der Waals surface area (Å²) in [6.45, 7) is 0.644. The van der Waals surface area contributed by atoms with E-state index in [9.17, 15) is 9.59 Å². The predicted octanol–water partition coefficient (Wildman–Crippen LogP) is 1.35. The summed E-state index contributed by atoms with van der Waals surface area (Å²) in [5.74, 6) is -0.101. The fourth-order valence-corrected chi connectivity index (χ4v) is 2.20. The molecule has 0 bridgehead atoms. The molecular weight excluding hydrogens is 314 g/mol. The smallest absolute Gasteiger partial charge is 0.314 e. The Balaban J connectivity index is 1.67. The van der Waals surface area contributed by atoms with E-state index < -0.39 is 5.97 Å². The number of hydrogen-bond donors (Lipinski definition) is 3. The lowest BCUT2D eigenvalue weighted by Crippen LogP contribution is -2.40. The van der Waals surface area contributed by atoms with Gasteiger partial charge in [-0.3, -0.25) is 4.79 Å². The van der Waals surface area contributed by atoms with Crippen molar-refractivity contribution in [2.24, 2.45) is 5.16 Å². The van der Waals surface area contributed by atoms with Gasteiger partial charge in [-0.05, 0) is 36.2 Å². The van der Waals surface area contributed by atoms with E-state index in [1.165, 1.54) is 0 Å². The van der Waals surface area contributed by atoms with Crippen LogP contribution in [0.25, 0.3) is 0 Å². The lowest BCUT2D eigenvalue weighted by molar-refractivity contribution is -0.137. The van der Waals surface area contributed by atoms with Crippen molar-refractivity contribution in [1.82, 2.24) is 10.6 Å². The molecular formula is C16H21N3O5. The van der Waals surface area contributed by atoms with Gasteiger partial charge in [0.15, 0.2) is 6.10 Å². The summed E-state index contributed by atoms with van der Waals surface area (Å²) < 4.78 is 5.11. The fourth-order valence-electron chi connectivity index (χ4n) is 2.20. The first-order valence-corrected chi connectivity index (χ1v) is 7.69. The number of urea groups is 1. The number of nitrogens with zero attached hydrogens (tertiary/aromatic N) is 1. The van der Waals surface area contributed by atoms with Gasteiger partial charge in [-0.2, -0.15) is 0 Å². The molecule has 1 aliphatic heterocycles. The van der Waals surface area contributed by atoms with Crippen LogP contribution >= 0.6 is 0 Å². The third-order valence-corrected chi connectivity index (χ3v) is 3.50. The molecule has 0 aliphatic carbocycles. The van der Waals surface area contributed by atoms with E-state index in [2.05, 4.69) is 15.8 Å². The van der Waals surface area contributed by atoms with Gasteiger partial charge in [0.25, 0.3) is 0 Å². The second-order valence-corrected chi connectivity index (χ2v) is 5.33. The standard InChI is InChI=1S/C16H21N3O5/c1-23-12-6-4-11(5-7-12)14-9-13(24-19-14)10-18-16(22)17-8-2-3-15(20)21/h4-7,13H,2-3,8-10H2,1H3,(H,20,21)(H2,17,18,22). The van der Waals surface area contributed by atoms with Gasteiger partial charge in [0.05, 0.1) is 19.4 Å². The Labute approximate surface area is 139 Å². The zero-order valence-electron chi connectivity index (χ0n) is 13.4. The number of oxime groups is 1. The van der Waals surface area contributed by atoms with Crippen molar-refractivity contribution >= 4 is 17.7 Å². The zero-order chi connectivity index (χ0) is 17.4.